The van der Waals surface area contributed by atoms with Crippen LogP contribution in [0.25, 0.3) is 11.0 Å². The number of methoxy groups -OCH3 is 1. The van der Waals surface area contributed by atoms with Gasteiger partial charge in [0.15, 0.2) is 11.5 Å². The Morgan fingerprint density at radius 2 is 1.89 bits per heavy atom. The van der Waals surface area contributed by atoms with Gasteiger partial charge in [0.2, 0.25) is 0 Å². The van der Waals surface area contributed by atoms with Gasteiger partial charge in [-0.05, 0) is 23.6 Å². The molecule has 0 aliphatic rings. The molecule has 1 aromatic carbocycles. The summed E-state index contributed by atoms with van der Waals surface area (Å²) in [6.45, 7) is 7.83. The first-order valence-corrected chi connectivity index (χ1v) is 5.96. The number of carbonyl (C=O) groups is 1. The lowest BCUT2D eigenvalue weighted by Gasteiger charge is -2.20. The van der Waals surface area contributed by atoms with Crippen molar-refractivity contribution in [1.29, 1.82) is 0 Å². The molecule has 0 saturated heterocycles. The normalized spacial score (nSPS) is 11.8. The second kappa shape index (κ2) is 4.16. The minimum atomic E-state index is -0.0707. The van der Waals surface area contributed by atoms with Crippen molar-refractivity contribution in [2.24, 2.45) is 0 Å². The Morgan fingerprint density at radius 1 is 1.22 bits per heavy atom. The van der Waals surface area contributed by atoms with Gasteiger partial charge in [0.1, 0.15) is 11.3 Å². The van der Waals surface area contributed by atoms with E-state index in [4.69, 9.17) is 9.15 Å². The highest BCUT2D eigenvalue weighted by molar-refractivity contribution is 5.97. The van der Waals surface area contributed by atoms with Gasteiger partial charge in [-0.3, -0.25) is 4.79 Å². The molecule has 0 atom stereocenters. The molecule has 0 radical (unpaired) electrons. The lowest BCUT2D eigenvalue weighted by atomic mass is 9.86. The predicted octanol–water partition coefficient (Wildman–Crippen LogP) is 3.94. The smallest absolute Gasteiger partial charge is 0.194 e. The van der Waals surface area contributed by atoms with Crippen molar-refractivity contribution in [2.75, 3.05) is 7.11 Å². The fraction of sp³-hybridized carbons (Fsp3) is 0.400. The molecule has 0 aliphatic carbocycles. The first-order valence-electron chi connectivity index (χ1n) is 5.96. The molecule has 2 aromatic rings. The molecule has 0 saturated carbocycles. The topological polar surface area (TPSA) is 39.4 Å². The van der Waals surface area contributed by atoms with Gasteiger partial charge in [0.05, 0.1) is 7.11 Å². The molecule has 96 valence electrons. The Bertz CT molecular complexity index is 600. The number of furan rings is 1. The van der Waals surface area contributed by atoms with Crippen molar-refractivity contribution >= 4 is 16.8 Å². The molecule has 0 bridgehead atoms. The van der Waals surface area contributed by atoms with Crippen molar-refractivity contribution in [3.05, 3.63) is 29.5 Å². The number of Topliss-reactive ketones (excluding diaryl/α,β-unsaturated/α-hetero) is 1. The molecule has 0 amide bonds. The van der Waals surface area contributed by atoms with Crippen molar-refractivity contribution in [3.63, 3.8) is 0 Å². The number of ketones is 1. The molecular formula is C15H18O3. The van der Waals surface area contributed by atoms with Gasteiger partial charge < -0.3 is 9.15 Å². The molecule has 0 fully saturated rings. The maximum Gasteiger partial charge on any atom is 0.194 e. The van der Waals surface area contributed by atoms with E-state index in [0.29, 0.717) is 5.76 Å². The summed E-state index contributed by atoms with van der Waals surface area (Å²) in [5.41, 5.74) is 1.75. The zero-order chi connectivity index (χ0) is 13.5. The van der Waals surface area contributed by atoms with E-state index < -0.39 is 0 Å². The van der Waals surface area contributed by atoms with E-state index in [-0.39, 0.29) is 11.2 Å². The monoisotopic (exact) mass is 246 g/mol. The molecule has 2 rings (SSSR count). The van der Waals surface area contributed by atoms with Crippen LogP contribution in [0.5, 0.6) is 5.75 Å². The molecule has 0 N–H and O–H groups in total. The highest BCUT2D eigenvalue weighted by Crippen LogP contribution is 2.35. The van der Waals surface area contributed by atoms with Crippen LogP contribution < -0.4 is 4.74 Å². The molecule has 18 heavy (non-hydrogen) atoms. The number of fused-ring (bicyclic) bond motifs is 1. The third-order valence-corrected chi connectivity index (χ3v) is 2.98. The van der Waals surface area contributed by atoms with Crippen LogP contribution in [0, 0.1) is 0 Å². The highest BCUT2D eigenvalue weighted by atomic mass is 16.5. The molecule has 0 spiro atoms. The van der Waals surface area contributed by atoms with Crippen LogP contribution in [0.3, 0.4) is 0 Å². The number of hydrogen-bond acceptors (Lipinski definition) is 3. The minimum Gasteiger partial charge on any atom is -0.497 e. The lowest BCUT2D eigenvalue weighted by molar-refractivity contribution is 0.0989. The molecule has 3 heteroatoms. The molecule has 0 aliphatic heterocycles. The van der Waals surface area contributed by atoms with Crippen molar-refractivity contribution in [1.82, 2.24) is 0 Å². The maximum atomic E-state index is 11.4. The number of rotatable bonds is 2. The Morgan fingerprint density at radius 3 is 2.39 bits per heavy atom. The zero-order valence-electron chi connectivity index (χ0n) is 11.5. The summed E-state index contributed by atoms with van der Waals surface area (Å²) in [6.07, 6.45) is 0. The summed E-state index contributed by atoms with van der Waals surface area (Å²) in [6, 6.07) is 5.63. The van der Waals surface area contributed by atoms with Crippen molar-refractivity contribution in [2.45, 2.75) is 33.1 Å². The molecule has 0 unspecified atom stereocenters. The molecule has 1 heterocycles. The summed E-state index contributed by atoms with van der Waals surface area (Å²) in [5.74, 6) is 1.11. The van der Waals surface area contributed by atoms with E-state index in [0.717, 1.165) is 22.3 Å². The largest absolute Gasteiger partial charge is 0.497 e. The van der Waals surface area contributed by atoms with E-state index >= 15 is 0 Å². The second-order valence-corrected chi connectivity index (χ2v) is 5.51. The maximum absolute atomic E-state index is 11.4. The summed E-state index contributed by atoms with van der Waals surface area (Å²) in [4.78, 5) is 11.4. The number of benzene rings is 1. The number of carbonyl (C=O) groups excluding carboxylic acids is 1. The van der Waals surface area contributed by atoms with Crippen LogP contribution in [0.1, 0.15) is 43.8 Å². The SMILES string of the molecule is COc1cc(C(C)(C)C)c2oc(C(C)=O)cc2c1. The average Bonchev–Trinajstić information content (AvgIpc) is 2.69. The van der Waals surface area contributed by atoms with Crippen molar-refractivity contribution in [3.8, 4) is 5.75 Å². The number of hydrogen-bond donors (Lipinski definition) is 0. The van der Waals surface area contributed by atoms with E-state index in [1.165, 1.54) is 6.92 Å². The first kappa shape index (κ1) is 12.7. The molecule has 3 nitrogen and oxygen atoms in total. The van der Waals surface area contributed by atoms with Crippen LogP contribution in [-0.2, 0) is 5.41 Å². The van der Waals surface area contributed by atoms with Crippen LogP contribution in [0.2, 0.25) is 0 Å². The van der Waals surface area contributed by atoms with Crippen LogP contribution in [0.15, 0.2) is 22.6 Å². The van der Waals surface area contributed by atoms with Gasteiger partial charge in [-0.25, -0.2) is 0 Å². The summed E-state index contributed by atoms with van der Waals surface area (Å²) in [7, 11) is 1.64. The summed E-state index contributed by atoms with van der Waals surface area (Å²) >= 11 is 0. The minimum absolute atomic E-state index is 0.0648. The number of ether oxygens (including phenoxy) is 1. The second-order valence-electron chi connectivity index (χ2n) is 5.51. The van der Waals surface area contributed by atoms with E-state index in [2.05, 4.69) is 20.8 Å². The van der Waals surface area contributed by atoms with Gasteiger partial charge in [0, 0.05) is 17.9 Å². The van der Waals surface area contributed by atoms with Crippen LogP contribution in [-0.4, -0.2) is 12.9 Å². The Hall–Kier alpha value is -1.77. The molecular weight excluding hydrogens is 228 g/mol. The third-order valence-electron chi connectivity index (χ3n) is 2.98. The molecule has 1 aromatic heterocycles. The fourth-order valence-corrected chi connectivity index (χ4v) is 1.97. The Balaban J connectivity index is 2.77. The average molecular weight is 246 g/mol. The Kier molecular flexibility index (Phi) is 2.93. The summed E-state index contributed by atoms with van der Waals surface area (Å²) in [5, 5.41) is 0.907. The van der Waals surface area contributed by atoms with Gasteiger partial charge in [-0.1, -0.05) is 20.8 Å². The first-order chi connectivity index (χ1) is 8.32. The fourth-order valence-electron chi connectivity index (χ4n) is 1.97. The Labute approximate surface area is 107 Å². The highest BCUT2D eigenvalue weighted by Gasteiger charge is 2.22. The lowest BCUT2D eigenvalue weighted by Crippen LogP contribution is -2.11. The van der Waals surface area contributed by atoms with Gasteiger partial charge in [-0.15, -0.1) is 0 Å². The predicted molar refractivity (Wildman–Crippen MR) is 71.5 cm³/mol. The van der Waals surface area contributed by atoms with Gasteiger partial charge in [0.25, 0.3) is 0 Å². The van der Waals surface area contributed by atoms with Crippen LogP contribution >= 0.6 is 0 Å². The standard InChI is InChI=1S/C15H18O3/c1-9(16)13-7-10-6-11(17-5)8-12(14(10)18-13)15(2,3)4/h6-8H,1-5H3. The van der Waals surface area contributed by atoms with E-state index in [9.17, 15) is 4.79 Å². The summed E-state index contributed by atoms with van der Waals surface area (Å²) < 4.78 is 11.0. The van der Waals surface area contributed by atoms with E-state index in [1.54, 1.807) is 13.2 Å². The third kappa shape index (κ3) is 2.13. The van der Waals surface area contributed by atoms with Gasteiger partial charge >= 0.3 is 0 Å². The van der Waals surface area contributed by atoms with E-state index in [1.807, 2.05) is 12.1 Å². The quantitative estimate of drug-likeness (QED) is 0.753. The van der Waals surface area contributed by atoms with Crippen LogP contribution in [0.4, 0.5) is 0 Å². The van der Waals surface area contributed by atoms with Gasteiger partial charge in [-0.2, -0.15) is 0 Å². The van der Waals surface area contributed by atoms with Crippen molar-refractivity contribution < 1.29 is 13.9 Å². The zero-order valence-corrected chi connectivity index (χ0v) is 11.5.